The van der Waals surface area contributed by atoms with E-state index in [1.54, 1.807) is 21.0 Å². The van der Waals surface area contributed by atoms with Crippen molar-refractivity contribution < 1.29 is 48.0 Å². The molecule has 0 heterocycles. The third kappa shape index (κ3) is 22.0. The normalized spacial score (nSPS) is 11.0. The van der Waals surface area contributed by atoms with Crippen LogP contribution in [0.4, 0.5) is 0 Å². The molecule has 0 aliphatic carbocycles. The number of hydrogen-bond donors (Lipinski definition) is 1. The summed E-state index contributed by atoms with van der Waals surface area (Å²) in [5.74, 6) is -0.197. The first-order chi connectivity index (χ1) is 20.0. The fourth-order valence-electron chi connectivity index (χ4n) is 3.44. The van der Waals surface area contributed by atoms with Crippen LogP contribution in [0.15, 0.2) is 30.3 Å². The van der Waals surface area contributed by atoms with Crippen LogP contribution < -0.4 is 0 Å². The number of aliphatic hydroxyl groups excluding tert-OH is 1. The molecule has 0 fully saturated rings. The zero-order valence-corrected chi connectivity index (χ0v) is 26.2. The molecule has 0 aromatic heterocycles. The SMILES string of the molecule is CC(C)C(=O)CCCCC(=O)OCc1ccccc1.COCCOCCOC(C)(C)C(=O)CCCCC(=O)OCCO. The summed E-state index contributed by atoms with van der Waals surface area (Å²) in [4.78, 5) is 46.2. The lowest BCUT2D eigenvalue weighted by molar-refractivity contribution is -0.146. The highest BCUT2D eigenvalue weighted by atomic mass is 16.6. The van der Waals surface area contributed by atoms with E-state index in [1.807, 2.05) is 44.2 Å². The van der Waals surface area contributed by atoms with Crippen LogP contribution in [0.3, 0.4) is 0 Å². The van der Waals surface area contributed by atoms with Crippen LogP contribution in [0, 0.1) is 5.92 Å². The fraction of sp³-hybridized carbons (Fsp3) is 0.688. The van der Waals surface area contributed by atoms with Gasteiger partial charge in [0, 0.05) is 38.7 Å². The molecule has 10 nitrogen and oxygen atoms in total. The van der Waals surface area contributed by atoms with Gasteiger partial charge >= 0.3 is 11.9 Å². The highest BCUT2D eigenvalue weighted by Gasteiger charge is 2.27. The summed E-state index contributed by atoms with van der Waals surface area (Å²) in [6, 6.07) is 9.61. The first kappa shape index (κ1) is 39.3. The summed E-state index contributed by atoms with van der Waals surface area (Å²) < 4.78 is 25.6. The van der Waals surface area contributed by atoms with E-state index in [-0.39, 0.29) is 49.1 Å². The molecule has 0 aliphatic rings. The molecule has 0 radical (unpaired) electrons. The number of unbranched alkanes of at least 4 members (excludes halogenated alkanes) is 2. The van der Waals surface area contributed by atoms with Crippen molar-refractivity contribution in [2.24, 2.45) is 5.92 Å². The number of carbonyl (C=O) groups is 4. The maximum Gasteiger partial charge on any atom is 0.306 e. The van der Waals surface area contributed by atoms with Crippen LogP contribution >= 0.6 is 0 Å². The minimum Gasteiger partial charge on any atom is -0.463 e. The third-order valence-corrected chi connectivity index (χ3v) is 6.12. The minimum atomic E-state index is -0.859. The van der Waals surface area contributed by atoms with Gasteiger partial charge in [-0.1, -0.05) is 44.2 Å². The molecular weight excluding hydrogens is 544 g/mol. The quantitative estimate of drug-likeness (QED) is 0.141. The van der Waals surface area contributed by atoms with Crippen LogP contribution in [-0.2, 0) is 49.5 Å². The maximum atomic E-state index is 12.1. The molecule has 0 unspecified atom stereocenters. The van der Waals surface area contributed by atoms with Crippen LogP contribution in [0.1, 0.15) is 84.6 Å². The Kier molecular flexibility index (Phi) is 23.3. The molecule has 240 valence electrons. The Morgan fingerprint density at radius 1 is 0.762 bits per heavy atom. The van der Waals surface area contributed by atoms with Gasteiger partial charge in [0.1, 0.15) is 24.6 Å². The van der Waals surface area contributed by atoms with Gasteiger partial charge in [-0.05, 0) is 45.1 Å². The molecule has 1 aromatic carbocycles. The molecule has 10 heteroatoms. The van der Waals surface area contributed by atoms with Crippen molar-refractivity contribution in [1.29, 1.82) is 0 Å². The molecular formula is C32H52O10. The summed E-state index contributed by atoms with van der Waals surface area (Å²) in [7, 11) is 1.61. The molecule has 0 spiro atoms. The summed E-state index contributed by atoms with van der Waals surface area (Å²) in [5.41, 5.74) is 0.132. The van der Waals surface area contributed by atoms with Crippen molar-refractivity contribution in [3.8, 4) is 0 Å². The number of hydrogen-bond acceptors (Lipinski definition) is 10. The van der Waals surface area contributed by atoms with Crippen LogP contribution in [0.5, 0.6) is 0 Å². The van der Waals surface area contributed by atoms with Crippen molar-refractivity contribution >= 4 is 23.5 Å². The number of ether oxygens (including phenoxy) is 5. The Hall–Kier alpha value is -2.66. The summed E-state index contributed by atoms with van der Waals surface area (Å²) in [6.07, 6.45) is 4.20. The Morgan fingerprint density at radius 2 is 1.33 bits per heavy atom. The molecule has 1 N–H and O–H groups in total. The van der Waals surface area contributed by atoms with Gasteiger partial charge in [-0.2, -0.15) is 0 Å². The minimum absolute atomic E-state index is 0.00174. The monoisotopic (exact) mass is 596 g/mol. The maximum absolute atomic E-state index is 12.1. The standard InChI is InChI=1S/C16H30O7.C16H22O3/c1-16(2,23-13-12-21-11-10-20-3)14(18)6-4-5-7-15(19)22-9-8-17;1-13(2)15(17)10-6-7-11-16(18)19-12-14-8-4-3-5-9-14/h17H,4-13H2,1-3H3;3-5,8-9,13H,6-7,10-12H2,1-2H3. The van der Waals surface area contributed by atoms with E-state index in [0.29, 0.717) is 71.6 Å². The highest BCUT2D eigenvalue weighted by molar-refractivity contribution is 5.86. The van der Waals surface area contributed by atoms with Crippen molar-refractivity contribution in [3.05, 3.63) is 35.9 Å². The number of rotatable bonds is 23. The molecule has 1 aromatic rings. The van der Waals surface area contributed by atoms with Gasteiger partial charge in [-0.15, -0.1) is 0 Å². The second-order valence-corrected chi connectivity index (χ2v) is 10.5. The van der Waals surface area contributed by atoms with Gasteiger partial charge in [-0.3, -0.25) is 19.2 Å². The number of aliphatic hydroxyl groups is 1. The number of Topliss-reactive ketones (excluding diaryl/α,β-unsaturated/α-hetero) is 2. The smallest absolute Gasteiger partial charge is 0.306 e. The Morgan fingerprint density at radius 3 is 1.93 bits per heavy atom. The topological polar surface area (TPSA) is 135 Å². The second kappa shape index (κ2) is 24.9. The number of ketones is 2. The fourth-order valence-corrected chi connectivity index (χ4v) is 3.44. The summed E-state index contributed by atoms with van der Waals surface area (Å²) in [6.45, 7) is 9.23. The Balaban J connectivity index is 0.000000813. The molecule has 0 bridgehead atoms. The van der Waals surface area contributed by atoms with E-state index in [1.165, 1.54) is 0 Å². The average molecular weight is 597 g/mol. The van der Waals surface area contributed by atoms with Gasteiger partial charge in [0.2, 0.25) is 0 Å². The Labute approximate surface area is 251 Å². The molecule has 42 heavy (non-hydrogen) atoms. The lowest BCUT2D eigenvalue weighted by Crippen LogP contribution is -2.36. The van der Waals surface area contributed by atoms with E-state index in [9.17, 15) is 19.2 Å². The van der Waals surface area contributed by atoms with Gasteiger partial charge in [0.05, 0.1) is 33.0 Å². The van der Waals surface area contributed by atoms with E-state index in [0.717, 1.165) is 12.0 Å². The molecule has 1 rings (SSSR count). The van der Waals surface area contributed by atoms with E-state index >= 15 is 0 Å². The van der Waals surface area contributed by atoms with Crippen LogP contribution in [-0.4, -0.2) is 81.0 Å². The van der Waals surface area contributed by atoms with Crippen LogP contribution in [0.25, 0.3) is 0 Å². The zero-order valence-electron chi connectivity index (χ0n) is 26.2. The number of carbonyl (C=O) groups excluding carboxylic acids is 4. The van der Waals surface area contributed by atoms with Gasteiger partial charge < -0.3 is 28.8 Å². The molecule has 0 amide bonds. The van der Waals surface area contributed by atoms with Gasteiger partial charge in [0.25, 0.3) is 0 Å². The average Bonchev–Trinajstić information content (AvgIpc) is 2.97. The zero-order chi connectivity index (χ0) is 31.6. The van der Waals surface area contributed by atoms with Crippen LogP contribution in [0.2, 0.25) is 0 Å². The van der Waals surface area contributed by atoms with Crippen molar-refractivity contribution in [3.63, 3.8) is 0 Å². The summed E-state index contributed by atoms with van der Waals surface area (Å²) in [5, 5.41) is 8.53. The van der Waals surface area contributed by atoms with Gasteiger partial charge in [-0.25, -0.2) is 0 Å². The largest absolute Gasteiger partial charge is 0.463 e. The lowest BCUT2D eigenvalue weighted by atomic mass is 9.98. The predicted molar refractivity (Wildman–Crippen MR) is 159 cm³/mol. The van der Waals surface area contributed by atoms with E-state index in [4.69, 9.17) is 28.8 Å². The molecule has 0 saturated carbocycles. The van der Waals surface area contributed by atoms with Crippen molar-refractivity contribution in [2.45, 2.75) is 91.3 Å². The predicted octanol–water partition coefficient (Wildman–Crippen LogP) is 4.62. The number of esters is 2. The number of methoxy groups -OCH3 is 1. The molecule has 0 aliphatic heterocycles. The molecule has 0 atom stereocenters. The third-order valence-electron chi connectivity index (χ3n) is 6.12. The Bertz CT molecular complexity index is 867. The first-order valence-corrected chi connectivity index (χ1v) is 14.8. The van der Waals surface area contributed by atoms with E-state index < -0.39 is 5.60 Å². The molecule has 0 saturated heterocycles. The highest BCUT2D eigenvalue weighted by Crippen LogP contribution is 2.15. The van der Waals surface area contributed by atoms with Crippen molar-refractivity contribution in [1.82, 2.24) is 0 Å². The lowest BCUT2D eigenvalue weighted by Gasteiger charge is -2.23. The van der Waals surface area contributed by atoms with Gasteiger partial charge in [0.15, 0.2) is 5.78 Å². The first-order valence-electron chi connectivity index (χ1n) is 14.8. The summed E-state index contributed by atoms with van der Waals surface area (Å²) >= 11 is 0. The second-order valence-electron chi connectivity index (χ2n) is 10.5. The number of benzene rings is 1. The van der Waals surface area contributed by atoms with E-state index in [2.05, 4.69) is 0 Å². The van der Waals surface area contributed by atoms with Crippen molar-refractivity contribution in [2.75, 3.05) is 46.8 Å².